The molecule has 0 aliphatic heterocycles. The fourth-order valence-electron chi connectivity index (χ4n) is 2.48. The molecule has 110 valence electrons. The molecule has 3 rings (SSSR count). The first-order valence-electron chi connectivity index (χ1n) is 6.45. The molecule has 1 aromatic carbocycles. The van der Waals surface area contributed by atoms with Crippen molar-refractivity contribution in [1.82, 2.24) is 19.3 Å². The Labute approximate surface area is 134 Å². The van der Waals surface area contributed by atoms with Crippen LogP contribution >= 0.6 is 27.5 Å². The van der Waals surface area contributed by atoms with Gasteiger partial charge in [0, 0.05) is 23.8 Å². The van der Waals surface area contributed by atoms with Gasteiger partial charge in [0.1, 0.15) is 17.2 Å². The van der Waals surface area contributed by atoms with E-state index >= 15 is 0 Å². The summed E-state index contributed by atoms with van der Waals surface area (Å²) in [6, 6.07) is 4.58. The van der Waals surface area contributed by atoms with E-state index in [1.807, 2.05) is 18.5 Å². The average molecular weight is 372 g/mol. The third kappa shape index (κ3) is 2.36. The number of benzene rings is 1. The molecule has 0 aliphatic carbocycles. The van der Waals surface area contributed by atoms with Gasteiger partial charge in [0.15, 0.2) is 5.65 Å². The number of imidazole rings is 1. The first-order valence-corrected chi connectivity index (χ1v) is 7.78. The summed E-state index contributed by atoms with van der Waals surface area (Å²) in [5.74, 6) is 0.941. The molecule has 0 amide bonds. The lowest BCUT2D eigenvalue weighted by Crippen LogP contribution is -2.07. The molecule has 21 heavy (non-hydrogen) atoms. The molecule has 0 atom stereocenters. The van der Waals surface area contributed by atoms with Crippen molar-refractivity contribution in [2.75, 3.05) is 5.88 Å². The molecule has 0 unspecified atom stereocenters. The molecule has 0 saturated carbocycles. The molecule has 3 aromatic rings. The number of rotatable bonds is 3. The van der Waals surface area contributed by atoms with Crippen LogP contribution in [0.5, 0.6) is 0 Å². The van der Waals surface area contributed by atoms with Crippen molar-refractivity contribution in [1.29, 1.82) is 0 Å². The van der Waals surface area contributed by atoms with Crippen LogP contribution in [0, 0.1) is 12.7 Å². The van der Waals surface area contributed by atoms with Crippen LogP contribution in [0.15, 0.2) is 22.7 Å². The third-order valence-corrected chi connectivity index (χ3v) is 4.20. The Hall–Kier alpha value is -1.40. The van der Waals surface area contributed by atoms with Crippen LogP contribution < -0.4 is 0 Å². The van der Waals surface area contributed by atoms with E-state index < -0.39 is 0 Å². The highest BCUT2D eigenvalue weighted by Crippen LogP contribution is 2.29. The van der Waals surface area contributed by atoms with Gasteiger partial charge in [-0.2, -0.15) is 5.10 Å². The summed E-state index contributed by atoms with van der Waals surface area (Å²) >= 11 is 9.36. The molecule has 0 bridgehead atoms. The first-order chi connectivity index (χ1) is 10.0. The molecule has 0 radical (unpaired) electrons. The number of halogens is 3. The second-order valence-electron chi connectivity index (χ2n) is 4.78. The number of aromatic nitrogens is 4. The van der Waals surface area contributed by atoms with Gasteiger partial charge in [0.2, 0.25) is 0 Å². The van der Waals surface area contributed by atoms with E-state index in [9.17, 15) is 4.39 Å². The van der Waals surface area contributed by atoms with Crippen LogP contribution in [0.3, 0.4) is 0 Å². The van der Waals surface area contributed by atoms with Crippen LogP contribution in [0.25, 0.3) is 16.9 Å². The molecule has 2 aromatic heterocycles. The number of alkyl halides is 1. The largest absolute Gasteiger partial charge is 0.280 e. The van der Waals surface area contributed by atoms with Gasteiger partial charge in [-0.05, 0) is 41.1 Å². The number of aryl methyl sites for hydroxylation is 3. The topological polar surface area (TPSA) is 35.6 Å². The van der Waals surface area contributed by atoms with Gasteiger partial charge in [0.05, 0.1) is 11.4 Å². The summed E-state index contributed by atoms with van der Waals surface area (Å²) in [5, 5.41) is 4.38. The molecule has 0 aliphatic rings. The normalized spacial score (nSPS) is 11.5. The molecular weight excluding hydrogens is 359 g/mol. The Morgan fingerprint density at radius 2 is 2.14 bits per heavy atom. The highest BCUT2D eigenvalue weighted by Gasteiger charge is 2.20. The first kappa shape index (κ1) is 14.5. The Morgan fingerprint density at radius 1 is 1.38 bits per heavy atom. The number of fused-ring (bicyclic) bond motifs is 1. The number of hydrogen-bond donors (Lipinski definition) is 0. The van der Waals surface area contributed by atoms with E-state index in [1.165, 1.54) is 12.1 Å². The molecule has 0 saturated heterocycles. The molecule has 7 heteroatoms. The SMILES string of the molecule is Cc1nn(C)c2c1nc(CCCl)n2-c1cc(F)ccc1Br. The molecule has 4 nitrogen and oxygen atoms in total. The summed E-state index contributed by atoms with van der Waals surface area (Å²) in [6.07, 6.45) is 0.596. The zero-order chi connectivity index (χ0) is 15.1. The smallest absolute Gasteiger partial charge is 0.163 e. The van der Waals surface area contributed by atoms with Gasteiger partial charge in [-0.15, -0.1) is 11.6 Å². The lowest BCUT2D eigenvalue weighted by Gasteiger charge is -2.11. The molecule has 0 fully saturated rings. The van der Waals surface area contributed by atoms with Crippen molar-refractivity contribution >= 4 is 38.7 Å². The van der Waals surface area contributed by atoms with Gasteiger partial charge in [-0.25, -0.2) is 14.1 Å². The Morgan fingerprint density at radius 3 is 2.86 bits per heavy atom. The van der Waals surface area contributed by atoms with Crippen molar-refractivity contribution in [3.05, 3.63) is 40.0 Å². The summed E-state index contributed by atoms with van der Waals surface area (Å²) in [5.41, 5.74) is 3.18. The Balaban J connectivity index is 2.38. The van der Waals surface area contributed by atoms with Crippen molar-refractivity contribution in [2.24, 2.45) is 7.05 Å². The zero-order valence-electron chi connectivity index (χ0n) is 11.6. The van der Waals surface area contributed by atoms with Crippen molar-refractivity contribution in [3.8, 4) is 5.69 Å². The van der Waals surface area contributed by atoms with Gasteiger partial charge in [-0.1, -0.05) is 0 Å². The van der Waals surface area contributed by atoms with Crippen molar-refractivity contribution < 1.29 is 4.39 Å². The minimum atomic E-state index is -0.300. The Kier molecular flexibility index (Phi) is 3.75. The minimum Gasteiger partial charge on any atom is -0.280 e. The summed E-state index contributed by atoms with van der Waals surface area (Å²) in [7, 11) is 1.85. The summed E-state index contributed by atoms with van der Waals surface area (Å²) in [4.78, 5) is 4.62. The predicted molar refractivity (Wildman–Crippen MR) is 84.7 cm³/mol. The zero-order valence-corrected chi connectivity index (χ0v) is 13.9. The van der Waals surface area contributed by atoms with Crippen LogP contribution in [0.4, 0.5) is 4.39 Å². The van der Waals surface area contributed by atoms with Gasteiger partial charge in [0.25, 0.3) is 0 Å². The minimum absolute atomic E-state index is 0.300. The van der Waals surface area contributed by atoms with Gasteiger partial charge >= 0.3 is 0 Å². The maximum Gasteiger partial charge on any atom is 0.163 e. The standard InChI is InChI=1S/C14H13BrClFN4/c1-8-13-14(20(2)19-8)21(12(18-13)5-6-16)11-7-9(17)3-4-10(11)15/h3-4,7H,5-6H2,1-2H3. The fraction of sp³-hybridized carbons (Fsp3) is 0.286. The van der Waals surface area contributed by atoms with E-state index in [-0.39, 0.29) is 5.82 Å². The molecule has 0 spiro atoms. The lowest BCUT2D eigenvalue weighted by molar-refractivity contribution is 0.625. The van der Waals surface area contributed by atoms with Crippen molar-refractivity contribution in [2.45, 2.75) is 13.3 Å². The second-order valence-corrected chi connectivity index (χ2v) is 6.01. The van der Waals surface area contributed by atoms with E-state index in [0.29, 0.717) is 18.0 Å². The number of nitrogens with zero attached hydrogens (tertiary/aromatic N) is 4. The Bertz CT molecular complexity index is 824. The summed E-state index contributed by atoms with van der Waals surface area (Å²) in [6.45, 7) is 1.91. The highest BCUT2D eigenvalue weighted by molar-refractivity contribution is 9.10. The number of hydrogen-bond acceptors (Lipinski definition) is 2. The van der Waals surface area contributed by atoms with Crippen LogP contribution in [-0.2, 0) is 13.5 Å². The third-order valence-electron chi connectivity index (χ3n) is 3.34. The lowest BCUT2D eigenvalue weighted by atomic mass is 10.3. The van der Waals surface area contributed by atoms with Gasteiger partial charge in [-0.3, -0.25) is 4.57 Å². The summed E-state index contributed by atoms with van der Waals surface area (Å²) < 4.78 is 18.1. The highest BCUT2D eigenvalue weighted by atomic mass is 79.9. The maximum absolute atomic E-state index is 13.7. The average Bonchev–Trinajstić information content (AvgIpc) is 2.93. The molecule has 0 N–H and O–H groups in total. The quantitative estimate of drug-likeness (QED) is 0.657. The maximum atomic E-state index is 13.7. The second kappa shape index (κ2) is 5.42. The van der Waals surface area contributed by atoms with Crippen LogP contribution in [0.2, 0.25) is 0 Å². The van der Waals surface area contributed by atoms with Gasteiger partial charge < -0.3 is 0 Å². The molecule has 2 heterocycles. The van der Waals surface area contributed by atoms with Crippen molar-refractivity contribution in [3.63, 3.8) is 0 Å². The fourth-order valence-corrected chi connectivity index (χ4v) is 3.07. The van der Waals surface area contributed by atoms with E-state index in [2.05, 4.69) is 26.0 Å². The predicted octanol–water partition coefficient (Wildman–Crippen LogP) is 3.75. The van der Waals surface area contributed by atoms with Crippen LogP contribution in [-0.4, -0.2) is 25.2 Å². The van der Waals surface area contributed by atoms with E-state index in [1.54, 1.807) is 10.7 Å². The monoisotopic (exact) mass is 370 g/mol. The van der Waals surface area contributed by atoms with Crippen LogP contribution in [0.1, 0.15) is 11.5 Å². The van der Waals surface area contributed by atoms with E-state index in [4.69, 9.17) is 11.6 Å². The van der Waals surface area contributed by atoms with E-state index in [0.717, 1.165) is 27.2 Å². The molecular formula is C14H13BrClFN4.